The van der Waals surface area contributed by atoms with Crippen molar-refractivity contribution in [2.75, 3.05) is 30.3 Å². The number of sulfonamides is 1. The van der Waals surface area contributed by atoms with Crippen LogP contribution in [-0.2, 0) is 20.6 Å². The zero-order valence-corrected chi connectivity index (χ0v) is 20.5. The molecule has 9 heteroatoms. The molecule has 0 aliphatic carbocycles. The monoisotopic (exact) mass is 504 g/mol. The van der Waals surface area contributed by atoms with Gasteiger partial charge in [0.2, 0.25) is 5.91 Å². The van der Waals surface area contributed by atoms with Gasteiger partial charge >= 0.3 is 0 Å². The number of benzene rings is 3. The van der Waals surface area contributed by atoms with Gasteiger partial charge in [-0.05, 0) is 54.1 Å². The van der Waals surface area contributed by atoms with E-state index < -0.39 is 10.0 Å². The summed E-state index contributed by atoms with van der Waals surface area (Å²) in [6.07, 6.45) is 0. The minimum Gasteiger partial charge on any atom is -0.497 e. The number of hydrogen-bond donors (Lipinski definition) is 1. The molecular weight excluding hydrogens is 480 g/mol. The fourth-order valence-corrected chi connectivity index (χ4v) is 5.38. The number of hydrogen-bond acceptors (Lipinski definition) is 5. The van der Waals surface area contributed by atoms with Crippen molar-refractivity contribution in [3.8, 4) is 5.75 Å². The summed E-state index contributed by atoms with van der Waals surface area (Å²) in [5.74, 6) is 1.71. The summed E-state index contributed by atoms with van der Waals surface area (Å²) < 4.78 is 32.9. The summed E-state index contributed by atoms with van der Waals surface area (Å²) in [6, 6.07) is 22.4. The molecule has 0 saturated carbocycles. The molecular formula is C24H25ClN2O4S2. The van der Waals surface area contributed by atoms with E-state index in [4.69, 9.17) is 16.3 Å². The average molecular weight is 505 g/mol. The molecule has 1 amide bonds. The highest BCUT2D eigenvalue weighted by Gasteiger charge is 2.27. The van der Waals surface area contributed by atoms with Crippen molar-refractivity contribution < 1.29 is 17.9 Å². The van der Waals surface area contributed by atoms with Crippen molar-refractivity contribution in [2.24, 2.45) is 0 Å². The largest absolute Gasteiger partial charge is 0.497 e. The smallest absolute Gasteiger partial charge is 0.264 e. The lowest BCUT2D eigenvalue weighted by Crippen LogP contribution is -2.41. The van der Waals surface area contributed by atoms with Gasteiger partial charge < -0.3 is 10.1 Å². The zero-order chi connectivity index (χ0) is 23.7. The summed E-state index contributed by atoms with van der Waals surface area (Å²) in [6.45, 7) is 0.0900. The Morgan fingerprint density at radius 1 is 1.00 bits per heavy atom. The van der Waals surface area contributed by atoms with Crippen LogP contribution in [0.15, 0.2) is 83.8 Å². The molecule has 0 fully saturated rings. The maximum absolute atomic E-state index is 13.4. The summed E-state index contributed by atoms with van der Waals surface area (Å²) in [7, 11) is -2.48. The maximum atomic E-state index is 13.4. The number of nitrogens with zero attached hydrogens (tertiary/aromatic N) is 1. The van der Waals surface area contributed by atoms with Crippen molar-refractivity contribution >= 4 is 45.0 Å². The third-order valence-corrected chi connectivity index (χ3v) is 7.80. The molecule has 0 atom stereocenters. The lowest BCUT2D eigenvalue weighted by molar-refractivity contribution is -0.119. The molecule has 33 heavy (non-hydrogen) atoms. The molecule has 174 valence electrons. The normalized spacial score (nSPS) is 11.1. The number of carbonyl (C=O) groups excluding carboxylic acids is 1. The van der Waals surface area contributed by atoms with Crippen LogP contribution in [0.4, 0.5) is 5.69 Å². The van der Waals surface area contributed by atoms with Crippen molar-refractivity contribution in [1.29, 1.82) is 0 Å². The van der Waals surface area contributed by atoms with E-state index in [0.717, 1.165) is 10.1 Å². The first-order valence-electron chi connectivity index (χ1n) is 10.2. The fourth-order valence-electron chi connectivity index (χ4n) is 3.01. The molecule has 0 radical (unpaired) electrons. The predicted molar refractivity (Wildman–Crippen MR) is 135 cm³/mol. The molecule has 3 aromatic rings. The molecule has 0 aromatic heterocycles. The first-order chi connectivity index (χ1) is 15.9. The van der Waals surface area contributed by atoms with Crippen LogP contribution in [0.1, 0.15) is 5.56 Å². The number of anilines is 1. The van der Waals surface area contributed by atoms with Gasteiger partial charge in [0.15, 0.2) is 0 Å². The Kier molecular flexibility index (Phi) is 9.05. The average Bonchev–Trinajstić information content (AvgIpc) is 2.83. The molecule has 0 aliphatic rings. The Balaban J connectivity index is 1.66. The second-order valence-electron chi connectivity index (χ2n) is 7.05. The maximum Gasteiger partial charge on any atom is 0.264 e. The Bertz CT molecular complexity index is 1140. The van der Waals surface area contributed by atoms with Crippen LogP contribution in [0.2, 0.25) is 5.02 Å². The van der Waals surface area contributed by atoms with Gasteiger partial charge in [0.1, 0.15) is 12.3 Å². The molecule has 0 bridgehead atoms. The molecule has 0 unspecified atom stereocenters. The summed E-state index contributed by atoms with van der Waals surface area (Å²) in [4.78, 5) is 12.7. The number of ether oxygens (including phenoxy) is 1. The van der Waals surface area contributed by atoms with E-state index >= 15 is 0 Å². The standard InChI is InChI=1S/C24H25ClN2O4S2/c1-31-22-11-13-23(14-12-22)33(29,30)27(21-9-7-20(25)8-10-21)17-24(28)26-15-16-32-18-19-5-3-2-4-6-19/h2-14H,15-18H2,1H3,(H,26,28). The van der Waals surface area contributed by atoms with E-state index in [0.29, 0.717) is 28.8 Å². The van der Waals surface area contributed by atoms with Gasteiger partial charge in [-0.1, -0.05) is 41.9 Å². The lowest BCUT2D eigenvalue weighted by Gasteiger charge is -2.24. The molecule has 3 aromatic carbocycles. The van der Waals surface area contributed by atoms with E-state index in [1.165, 1.54) is 24.8 Å². The second-order valence-corrected chi connectivity index (χ2v) is 10.5. The van der Waals surface area contributed by atoms with Crippen molar-refractivity contribution in [2.45, 2.75) is 10.6 Å². The highest BCUT2D eigenvalue weighted by molar-refractivity contribution is 7.98. The lowest BCUT2D eigenvalue weighted by atomic mass is 10.2. The number of thioether (sulfide) groups is 1. The molecule has 0 spiro atoms. The van der Waals surface area contributed by atoms with Gasteiger partial charge in [0.05, 0.1) is 17.7 Å². The second kappa shape index (κ2) is 12.0. The van der Waals surface area contributed by atoms with Gasteiger partial charge in [0, 0.05) is 23.1 Å². The van der Waals surface area contributed by atoms with Gasteiger partial charge in [-0.15, -0.1) is 0 Å². The number of rotatable bonds is 11. The Morgan fingerprint density at radius 3 is 2.30 bits per heavy atom. The summed E-state index contributed by atoms with van der Waals surface area (Å²) in [5.41, 5.74) is 1.57. The first-order valence-corrected chi connectivity index (χ1v) is 13.2. The summed E-state index contributed by atoms with van der Waals surface area (Å²) in [5, 5.41) is 3.28. The highest BCUT2D eigenvalue weighted by atomic mass is 35.5. The molecule has 0 aliphatic heterocycles. The molecule has 3 rings (SSSR count). The minimum atomic E-state index is -3.99. The first kappa shape index (κ1) is 25.0. The summed E-state index contributed by atoms with van der Waals surface area (Å²) >= 11 is 7.66. The van der Waals surface area contributed by atoms with Crippen molar-refractivity contribution in [1.82, 2.24) is 5.32 Å². The third-order valence-electron chi connectivity index (χ3n) is 4.73. The van der Waals surface area contributed by atoms with E-state index in [2.05, 4.69) is 17.4 Å². The van der Waals surface area contributed by atoms with Crippen LogP contribution in [0.3, 0.4) is 0 Å². The Hall–Kier alpha value is -2.68. The van der Waals surface area contributed by atoms with Gasteiger partial charge in [-0.2, -0.15) is 11.8 Å². The quantitative estimate of drug-likeness (QED) is 0.386. The number of carbonyl (C=O) groups is 1. The Morgan fingerprint density at radius 2 is 1.67 bits per heavy atom. The van der Waals surface area contributed by atoms with Crippen molar-refractivity contribution in [3.05, 3.63) is 89.4 Å². The van der Waals surface area contributed by atoms with Gasteiger partial charge in [-0.25, -0.2) is 8.42 Å². The highest BCUT2D eigenvalue weighted by Crippen LogP contribution is 2.26. The van der Waals surface area contributed by atoms with Crippen LogP contribution < -0.4 is 14.4 Å². The van der Waals surface area contributed by atoms with E-state index in [1.54, 1.807) is 48.2 Å². The van der Waals surface area contributed by atoms with Gasteiger partial charge in [0.25, 0.3) is 10.0 Å². The van der Waals surface area contributed by atoms with Crippen LogP contribution >= 0.6 is 23.4 Å². The minimum absolute atomic E-state index is 0.0597. The van der Waals surface area contributed by atoms with E-state index in [9.17, 15) is 13.2 Å². The number of methoxy groups -OCH3 is 1. The van der Waals surface area contributed by atoms with Crippen LogP contribution in [0.5, 0.6) is 5.75 Å². The third kappa shape index (κ3) is 7.15. The van der Waals surface area contributed by atoms with Crippen molar-refractivity contribution in [3.63, 3.8) is 0 Å². The van der Waals surface area contributed by atoms with Gasteiger partial charge in [-0.3, -0.25) is 9.10 Å². The molecule has 0 heterocycles. The molecule has 1 N–H and O–H groups in total. The van der Waals surface area contributed by atoms with E-state index in [1.807, 2.05) is 18.2 Å². The molecule has 0 saturated heterocycles. The topological polar surface area (TPSA) is 75.7 Å². The molecule has 6 nitrogen and oxygen atoms in total. The number of amides is 1. The predicted octanol–water partition coefficient (Wildman–Crippen LogP) is 4.59. The van der Waals surface area contributed by atoms with E-state index in [-0.39, 0.29) is 17.3 Å². The van der Waals surface area contributed by atoms with Crippen LogP contribution in [0, 0.1) is 0 Å². The van der Waals surface area contributed by atoms with Crippen LogP contribution in [0.25, 0.3) is 0 Å². The fraction of sp³-hybridized carbons (Fsp3) is 0.208. The zero-order valence-electron chi connectivity index (χ0n) is 18.1. The van der Waals surface area contributed by atoms with Crippen LogP contribution in [-0.4, -0.2) is 40.3 Å². The Labute approximate surface area is 204 Å². The SMILES string of the molecule is COc1ccc(S(=O)(=O)N(CC(=O)NCCSCc2ccccc2)c2ccc(Cl)cc2)cc1. The number of nitrogens with one attached hydrogen (secondary N) is 1. The number of halogens is 1.